The summed E-state index contributed by atoms with van der Waals surface area (Å²) in [6.45, 7) is 0. The second-order valence-electron chi connectivity index (χ2n) is 5.68. The van der Waals surface area contributed by atoms with E-state index < -0.39 is 11.6 Å². The summed E-state index contributed by atoms with van der Waals surface area (Å²) in [5, 5.41) is 9.39. The fourth-order valence-electron chi connectivity index (χ4n) is 2.78. The summed E-state index contributed by atoms with van der Waals surface area (Å²) >= 11 is 0. The normalized spacial score (nSPS) is 19.4. The van der Waals surface area contributed by atoms with Crippen molar-refractivity contribution in [1.29, 1.82) is 0 Å². The van der Waals surface area contributed by atoms with Crippen LogP contribution >= 0.6 is 0 Å². The molecule has 2 rings (SSSR count). The van der Waals surface area contributed by atoms with Gasteiger partial charge in [0.2, 0.25) is 0 Å². The van der Waals surface area contributed by atoms with Gasteiger partial charge in [-0.15, -0.1) is 0 Å². The van der Waals surface area contributed by atoms with E-state index in [4.69, 9.17) is 0 Å². The summed E-state index contributed by atoms with van der Waals surface area (Å²) in [7, 11) is 4.05. The first-order chi connectivity index (χ1) is 9.47. The highest BCUT2D eigenvalue weighted by Gasteiger charge is 2.18. The van der Waals surface area contributed by atoms with Crippen LogP contribution in [0.3, 0.4) is 0 Å². The minimum absolute atomic E-state index is 0.209. The quantitative estimate of drug-likeness (QED) is 0.909. The monoisotopic (exact) mass is 281 g/mol. The molecule has 0 amide bonds. The lowest BCUT2D eigenvalue weighted by Crippen LogP contribution is -2.11. The highest BCUT2D eigenvalue weighted by molar-refractivity contribution is 5.30. The van der Waals surface area contributed by atoms with E-state index in [1.165, 1.54) is 11.8 Å². The molecule has 110 valence electrons. The zero-order chi connectivity index (χ0) is 14.7. The molecule has 0 aromatic heterocycles. The number of phenols is 1. The molecule has 1 aliphatic carbocycles. The lowest BCUT2D eigenvalue weighted by molar-refractivity contribution is 0.413. The minimum Gasteiger partial charge on any atom is -0.508 e. The molecule has 4 heteroatoms. The number of halogens is 2. The highest BCUT2D eigenvalue weighted by atomic mass is 19.2. The fourth-order valence-corrected chi connectivity index (χ4v) is 2.78. The molecule has 0 radical (unpaired) electrons. The van der Waals surface area contributed by atoms with Crippen molar-refractivity contribution in [3.8, 4) is 5.75 Å². The van der Waals surface area contributed by atoms with E-state index in [9.17, 15) is 13.9 Å². The maximum Gasteiger partial charge on any atom is 0.162 e. The minimum atomic E-state index is -0.972. The van der Waals surface area contributed by atoms with Gasteiger partial charge < -0.3 is 10.0 Å². The van der Waals surface area contributed by atoms with Gasteiger partial charge in [-0.2, -0.15) is 0 Å². The third kappa shape index (κ3) is 3.50. The Morgan fingerprint density at radius 3 is 2.70 bits per heavy atom. The Morgan fingerprint density at radius 1 is 1.25 bits per heavy atom. The lowest BCUT2D eigenvalue weighted by Gasteiger charge is -2.18. The van der Waals surface area contributed by atoms with E-state index in [0.717, 1.165) is 31.7 Å². The summed E-state index contributed by atoms with van der Waals surface area (Å²) < 4.78 is 27.0. The van der Waals surface area contributed by atoms with Crippen molar-refractivity contribution >= 4 is 0 Å². The molecule has 1 aromatic carbocycles. The van der Waals surface area contributed by atoms with E-state index in [1.54, 1.807) is 0 Å². The summed E-state index contributed by atoms with van der Waals surface area (Å²) in [5.41, 5.74) is 1.58. The Bertz CT molecular complexity index is 511. The van der Waals surface area contributed by atoms with Gasteiger partial charge in [-0.3, -0.25) is 0 Å². The molecule has 0 saturated carbocycles. The molecule has 0 aliphatic heterocycles. The van der Waals surface area contributed by atoms with Gasteiger partial charge in [0, 0.05) is 25.9 Å². The lowest BCUT2D eigenvalue weighted by atomic mass is 9.91. The molecular formula is C16H21F2NO. The Kier molecular flexibility index (Phi) is 4.63. The molecule has 0 bridgehead atoms. The van der Waals surface area contributed by atoms with Crippen molar-refractivity contribution in [2.75, 3.05) is 14.1 Å². The zero-order valence-electron chi connectivity index (χ0n) is 12.0. The van der Waals surface area contributed by atoms with E-state index in [2.05, 4.69) is 11.0 Å². The SMILES string of the molecule is CN(C)C1=CCC[C@H](Cc2cc(O)cc(F)c2F)CC1. The van der Waals surface area contributed by atoms with Crippen LogP contribution in [0.2, 0.25) is 0 Å². The standard InChI is InChI=1S/C16H21F2NO/c1-19(2)13-5-3-4-11(6-7-13)8-12-9-14(20)10-15(17)16(12)18/h5,9-11,20H,3-4,6-8H2,1-2H3/t11-/m0/s1. The van der Waals surface area contributed by atoms with E-state index in [-0.39, 0.29) is 11.3 Å². The van der Waals surface area contributed by atoms with Crippen molar-refractivity contribution in [3.05, 3.63) is 41.1 Å². The predicted octanol–water partition coefficient (Wildman–Crippen LogP) is 3.85. The molecular weight excluding hydrogens is 260 g/mol. The van der Waals surface area contributed by atoms with Gasteiger partial charge in [0.25, 0.3) is 0 Å². The van der Waals surface area contributed by atoms with E-state index >= 15 is 0 Å². The number of nitrogens with zero attached hydrogens (tertiary/aromatic N) is 1. The van der Waals surface area contributed by atoms with Crippen LogP contribution in [0.15, 0.2) is 23.9 Å². The van der Waals surface area contributed by atoms with Crippen LogP contribution in [0.5, 0.6) is 5.75 Å². The van der Waals surface area contributed by atoms with Gasteiger partial charge in [-0.1, -0.05) is 6.08 Å². The molecule has 0 spiro atoms. The fraction of sp³-hybridized carbons (Fsp3) is 0.500. The van der Waals surface area contributed by atoms with Crippen LogP contribution in [-0.2, 0) is 6.42 Å². The number of allylic oxidation sites excluding steroid dienone is 2. The third-order valence-electron chi connectivity index (χ3n) is 3.93. The first-order valence-electron chi connectivity index (χ1n) is 7.00. The number of hydrogen-bond acceptors (Lipinski definition) is 2. The number of hydrogen-bond donors (Lipinski definition) is 1. The van der Waals surface area contributed by atoms with Crippen molar-refractivity contribution < 1.29 is 13.9 Å². The number of rotatable bonds is 3. The number of aromatic hydroxyl groups is 1. The second-order valence-corrected chi connectivity index (χ2v) is 5.68. The van der Waals surface area contributed by atoms with Crippen LogP contribution in [0.1, 0.15) is 31.2 Å². The maximum atomic E-state index is 13.7. The number of phenolic OH excluding ortho intramolecular Hbond substituents is 1. The largest absolute Gasteiger partial charge is 0.508 e. The zero-order valence-corrected chi connectivity index (χ0v) is 12.0. The average Bonchev–Trinajstić information content (AvgIpc) is 2.61. The Hall–Kier alpha value is -1.58. The van der Waals surface area contributed by atoms with Gasteiger partial charge in [-0.05, 0) is 49.7 Å². The van der Waals surface area contributed by atoms with Crippen molar-refractivity contribution in [1.82, 2.24) is 4.90 Å². The molecule has 1 aliphatic rings. The predicted molar refractivity (Wildman–Crippen MR) is 75.5 cm³/mol. The third-order valence-corrected chi connectivity index (χ3v) is 3.93. The first kappa shape index (κ1) is 14.8. The Balaban J connectivity index is 2.05. The summed E-state index contributed by atoms with van der Waals surface area (Å²) in [5.74, 6) is -1.69. The van der Waals surface area contributed by atoms with Gasteiger partial charge in [0.15, 0.2) is 11.6 Å². The first-order valence-corrected chi connectivity index (χ1v) is 7.00. The van der Waals surface area contributed by atoms with Crippen molar-refractivity contribution in [3.63, 3.8) is 0 Å². The molecule has 0 heterocycles. The topological polar surface area (TPSA) is 23.5 Å². The molecule has 0 fully saturated rings. The molecule has 1 atom stereocenters. The molecule has 0 saturated heterocycles. The van der Waals surface area contributed by atoms with E-state index in [1.807, 2.05) is 14.1 Å². The van der Waals surface area contributed by atoms with Crippen molar-refractivity contribution in [2.24, 2.45) is 5.92 Å². The average molecular weight is 281 g/mol. The Morgan fingerprint density at radius 2 is 2.00 bits per heavy atom. The van der Waals surface area contributed by atoms with Gasteiger partial charge in [0.1, 0.15) is 5.75 Å². The highest BCUT2D eigenvalue weighted by Crippen LogP contribution is 2.29. The smallest absolute Gasteiger partial charge is 0.162 e. The summed E-state index contributed by atoms with van der Waals surface area (Å²) in [6, 6.07) is 2.15. The van der Waals surface area contributed by atoms with Gasteiger partial charge in [0.05, 0.1) is 0 Å². The maximum absolute atomic E-state index is 13.7. The summed E-state index contributed by atoms with van der Waals surface area (Å²) in [6.07, 6.45) is 6.54. The second kappa shape index (κ2) is 6.25. The van der Waals surface area contributed by atoms with Crippen LogP contribution in [0.25, 0.3) is 0 Å². The van der Waals surface area contributed by atoms with E-state index in [0.29, 0.717) is 12.3 Å². The molecule has 20 heavy (non-hydrogen) atoms. The summed E-state index contributed by atoms with van der Waals surface area (Å²) in [4.78, 5) is 2.11. The Labute approximate surface area is 118 Å². The molecule has 2 nitrogen and oxygen atoms in total. The molecule has 1 aromatic rings. The van der Waals surface area contributed by atoms with Crippen LogP contribution in [0, 0.1) is 17.6 Å². The molecule has 1 N–H and O–H groups in total. The van der Waals surface area contributed by atoms with Crippen LogP contribution in [-0.4, -0.2) is 24.1 Å². The van der Waals surface area contributed by atoms with Crippen LogP contribution in [0.4, 0.5) is 8.78 Å². The van der Waals surface area contributed by atoms with Gasteiger partial charge >= 0.3 is 0 Å². The number of benzene rings is 1. The van der Waals surface area contributed by atoms with Crippen LogP contribution < -0.4 is 0 Å². The van der Waals surface area contributed by atoms with Crippen molar-refractivity contribution in [2.45, 2.75) is 32.1 Å². The molecule has 0 unspecified atom stereocenters. The van der Waals surface area contributed by atoms with Gasteiger partial charge in [-0.25, -0.2) is 8.78 Å².